The molecule has 0 radical (unpaired) electrons. The van der Waals surface area contributed by atoms with Gasteiger partial charge < -0.3 is 16.0 Å². The van der Waals surface area contributed by atoms with Crippen LogP contribution in [0.5, 0.6) is 0 Å². The summed E-state index contributed by atoms with van der Waals surface area (Å²) in [5.74, 6) is 0.695. The number of aromatic nitrogens is 1. The molecule has 1 aliphatic rings. The van der Waals surface area contributed by atoms with Crippen LogP contribution < -0.4 is 5.73 Å². The molecule has 0 aromatic carbocycles. The van der Waals surface area contributed by atoms with Gasteiger partial charge >= 0.3 is 0 Å². The van der Waals surface area contributed by atoms with Gasteiger partial charge in [0.25, 0.3) is 0 Å². The highest BCUT2D eigenvalue weighted by Crippen LogP contribution is 2.22. The minimum absolute atomic E-state index is 0.695. The smallest absolute Gasteiger partial charge is 0.0466 e. The molecular formula is C11H16N4. The van der Waals surface area contributed by atoms with Crippen LogP contribution in [0.15, 0.2) is 12.4 Å². The first kappa shape index (κ1) is 10.1. The van der Waals surface area contributed by atoms with Crippen molar-refractivity contribution in [2.24, 2.45) is 5.92 Å². The molecule has 0 aliphatic carbocycles. The van der Waals surface area contributed by atoms with Gasteiger partial charge in [-0.25, -0.2) is 0 Å². The van der Waals surface area contributed by atoms with Gasteiger partial charge in [-0.2, -0.15) is 0 Å². The molecule has 0 unspecified atom stereocenters. The Bertz CT molecular complexity index is 369. The predicted molar refractivity (Wildman–Crippen MR) is 61.2 cm³/mol. The highest BCUT2D eigenvalue weighted by Gasteiger charge is 2.24. The summed E-state index contributed by atoms with van der Waals surface area (Å²) >= 11 is 0. The normalized spacial score (nSPS) is 17.4. The van der Waals surface area contributed by atoms with E-state index in [2.05, 4.69) is 16.9 Å². The van der Waals surface area contributed by atoms with E-state index in [0.717, 1.165) is 36.3 Å². The minimum atomic E-state index is 0.695. The largest absolute Gasteiger partial charge is 0.398 e. The van der Waals surface area contributed by atoms with Crippen molar-refractivity contribution in [2.45, 2.75) is 6.42 Å². The van der Waals surface area contributed by atoms with Gasteiger partial charge in [0.2, 0.25) is 0 Å². The molecule has 4 nitrogen and oxygen atoms in total. The molecule has 0 atom stereocenters. The van der Waals surface area contributed by atoms with Crippen LogP contribution in [0.4, 0.5) is 5.69 Å². The highest BCUT2D eigenvalue weighted by molar-refractivity contribution is 5.85. The van der Waals surface area contributed by atoms with Crippen LogP contribution in [0.3, 0.4) is 0 Å². The zero-order chi connectivity index (χ0) is 10.8. The van der Waals surface area contributed by atoms with Gasteiger partial charge in [-0.05, 0) is 24.9 Å². The second-order valence-electron chi connectivity index (χ2n) is 4.24. The Morgan fingerprint density at radius 2 is 2.33 bits per heavy atom. The molecule has 1 aromatic rings. The third kappa shape index (κ3) is 1.99. The first-order valence-electron chi connectivity index (χ1n) is 5.12. The summed E-state index contributed by atoms with van der Waals surface area (Å²) in [4.78, 5) is 6.39. The lowest BCUT2D eigenvalue weighted by atomic mass is 9.92. The average molecular weight is 204 g/mol. The molecule has 2 heterocycles. The number of anilines is 1. The van der Waals surface area contributed by atoms with Crippen molar-refractivity contribution in [3.05, 3.63) is 23.5 Å². The number of pyridine rings is 1. The van der Waals surface area contributed by atoms with Gasteiger partial charge in [0.05, 0.1) is 0 Å². The molecule has 80 valence electrons. The number of rotatable bonds is 3. The van der Waals surface area contributed by atoms with Crippen molar-refractivity contribution in [2.75, 3.05) is 25.9 Å². The summed E-state index contributed by atoms with van der Waals surface area (Å²) < 4.78 is 0. The molecule has 0 amide bonds. The Morgan fingerprint density at radius 3 is 2.93 bits per heavy atom. The number of nitrogen functional groups attached to an aromatic ring is 1. The number of nitrogens with zero attached hydrogens (tertiary/aromatic N) is 2. The van der Waals surface area contributed by atoms with Gasteiger partial charge in [-0.1, -0.05) is 0 Å². The van der Waals surface area contributed by atoms with Gasteiger partial charge in [0.15, 0.2) is 0 Å². The Kier molecular flexibility index (Phi) is 2.68. The van der Waals surface area contributed by atoms with Crippen LogP contribution in [0.25, 0.3) is 0 Å². The predicted octanol–water partition coefficient (Wildman–Crippen LogP) is 0.766. The first-order valence-corrected chi connectivity index (χ1v) is 5.12. The maximum absolute atomic E-state index is 7.20. The molecule has 4 heteroatoms. The fourth-order valence-corrected chi connectivity index (χ4v) is 2.08. The summed E-state index contributed by atoms with van der Waals surface area (Å²) in [5.41, 5.74) is 8.47. The van der Waals surface area contributed by atoms with Gasteiger partial charge in [-0.3, -0.25) is 4.98 Å². The Morgan fingerprint density at radius 1 is 1.60 bits per heavy atom. The average Bonchev–Trinajstić information content (AvgIpc) is 2.18. The molecule has 15 heavy (non-hydrogen) atoms. The van der Waals surface area contributed by atoms with Crippen LogP contribution in [0, 0.1) is 11.3 Å². The van der Waals surface area contributed by atoms with Gasteiger partial charge in [0, 0.05) is 42.9 Å². The maximum Gasteiger partial charge on any atom is 0.0466 e. The van der Waals surface area contributed by atoms with E-state index in [1.807, 2.05) is 6.20 Å². The van der Waals surface area contributed by atoms with Crippen molar-refractivity contribution in [3.8, 4) is 0 Å². The SMILES string of the molecule is CN1CC(Cc2cncc(C=N)c2N)C1. The lowest BCUT2D eigenvalue weighted by Crippen LogP contribution is -2.44. The van der Waals surface area contributed by atoms with E-state index in [4.69, 9.17) is 11.1 Å². The number of hydrogen-bond donors (Lipinski definition) is 2. The first-order chi connectivity index (χ1) is 7.20. The van der Waals surface area contributed by atoms with E-state index < -0.39 is 0 Å². The van der Waals surface area contributed by atoms with Crippen LogP contribution in [-0.4, -0.2) is 36.2 Å². The third-order valence-corrected chi connectivity index (χ3v) is 2.90. The second kappa shape index (κ2) is 3.98. The zero-order valence-electron chi connectivity index (χ0n) is 8.90. The van der Waals surface area contributed by atoms with Crippen molar-refractivity contribution >= 4 is 11.9 Å². The number of likely N-dealkylation sites (tertiary alicyclic amines) is 1. The highest BCUT2D eigenvalue weighted by atomic mass is 15.2. The lowest BCUT2D eigenvalue weighted by molar-refractivity contribution is 0.135. The van der Waals surface area contributed by atoms with E-state index in [-0.39, 0.29) is 0 Å². The van der Waals surface area contributed by atoms with E-state index in [0.29, 0.717) is 5.92 Å². The van der Waals surface area contributed by atoms with Crippen LogP contribution >= 0.6 is 0 Å². The summed E-state index contributed by atoms with van der Waals surface area (Å²) in [5, 5.41) is 7.20. The van der Waals surface area contributed by atoms with Gasteiger partial charge in [0.1, 0.15) is 0 Å². The monoisotopic (exact) mass is 204 g/mol. The second-order valence-corrected chi connectivity index (χ2v) is 4.24. The summed E-state index contributed by atoms with van der Waals surface area (Å²) in [6.07, 6.45) is 5.70. The standard InChI is InChI=1S/C11H16N4/c1-15-6-8(7-15)2-9-4-14-5-10(3-12)11(9)13/h3-5,8,12H,2,6-7H2,1H3,(H2,13,14). The maximum atomic E-state index is 7.20. The van der Waals surface area contributed by atoms with Crippen molar-refractivity contribution in [3.63, 3.8) is 0 Å². The fraction of sp³-hybridized carbons (Fsp3) is 0.455. The number of nitrogens with two attached hydrogens (primary N) is 1. The van der Waals surface area contributed by atoms with E-state index in [1.54, 1.807) is 6.20 Å². The van der Waals surface area contributed by atoms with Crippen molar-refractivity contribution in [1.82, 2.24) is 9.88 Å². The summed E-state index contributed by atoms with van der Waals surface area (Å²) in [6.45, 7) is 2.27. The van der Waals surface area contributed by atoms with Crippen LogP contribution in [0.2, 0.25) is 0 Å². The Labute approximate surface area is 89.6 Å². The fourth-order valence-electron chi connectivity index (χ4n) is 2.08. The molecule has 0 spiro atoms. The van der Waals surface area contributed by atoms with Gasteiger partial charge in [-0.15, -0.1) is 0 Å². The summed E-state index contributed by atoms with van der Waals surface area (Å²) in [7, 11) is 2.12. The third-order valence-electron chi connectivity index (χ3n) is 2.90. The molecule has 0 saturated carbocycles. The minimum Gasteiger partial charge on any atom is -0.398 e. The number of hydrogen-bond acceptors (Lipinski definition) is 4. The Balaban J connectivity index is 2.11. The molecule has 1 saturated heterocycles. The topological polar surface area (TPSA) is 66.0 Å². The molecule has 1 aliphatic heterocycles. The quantitative estimate of drug-likeness (QED) is 0.714. The van der Waals surface area contributed by atoms with E-state index >= 15 is 0 Å². The van der Waals surface area contributed by atoms with E-state index in [9.17, 15) is 0 Å². The van der Waals surface area contributed by atoms with Crippen molar-refractivity contribution in [1.29, 1.82) is 5.41 Å². The Hall–Kier alpha value is -1.42. The summed E-state index contributed by atoms with van der Waals surface area (Å²) in [6, 6.07) is 0. The van der Waals surface area contributed by atoms with Crippen LogP contribution in [0.1, 0.15) is 11.1 Å². The zero-order valence-corrected chi connectivity index (χ0v) is 8.90. The molecule has 1 fully saturated rings. The number of nitrogens with one attached hydrogen (secondary N) is 1. The van der Waals surface area contributed by atoms with E-state index in [1.165, 1.54) is 6.21 Å². The van der Waals surface area contributed by atoms with Crippen molar-refractivity contribution < 1.29 is 0 Å². The molecule has 1 aromatic heterocycles. The molecular weight excluding hydrogens is 188 g/mol. The lowest BCUT2D eigenvalue weighted by Gasteiger charge is -2.36. The molecule has 3 N–H and O–H groups in total. The molecule has 2 rings (SSSR count). The molecule has 0 bridgehead atoms. The van der Waals surface area contributed by atoms with Crippen LogP contribution in [-0.2, 0) is 6.42 Å².